The molecule has 13 nitrogen and oxygen atoms in total. The fourth-order valence-corrected chi connectivity index (χ4v) is 8.43. The van der Waals surface area contributed by atoms with E-state index in [-0.39, 0.29) is 66.3 Å². The lowest BCUT2D eigenvalue weighted by molar-refractivity contribution is -0.150. The second-order valence-electron chi connectivity index (χ2n) is 16.9. The highest BCUT2D eigenvalue weighted by atomic mass is 32.1. The summed E-state index contributed by atoms with van der Waals surface area (Å²) in [5.74, 6) is -3.61. The Kier molecular flexibility index (Phi) is 18.1. The van der Waals surface area contributed by atoms with E-state index in [2.05, 4.69) is 20.5 Å². The van der Waals surface area contributed by atoms with Crippen LogP contribution in [0.2, 0.25) is 0 Å². The Morgan fingerprint density at radius 2 is 1.66 bits per heavy atom. The Balaban J connectivity index is 1.82. The molecule has 0 unspecified atom stereocenters. The molecule has 1 fully saturated rings. The molecular weight excluding hydrogens is 759 g/mol. The van der Waals surface area contributed by atoms with Gasteiger partial charge in [-0.2, -0.15) is 0 Å². The molecule has 3 N–H and O–H groups in total. The number of esters is 1. The van der Waals surface area contributed by atoms with Gasteiger partial charge in [-0.15, -0.1) is 11.3 Å². The summed E-state index contributed by atoms with van der Waals surface area (Å²) in [6.07, 6.45) is 3.17. The van der Waals surface area contributed by atoms with E-state index in [1.165, 1.54) is 18.3 Å². The van der Waals surface area contributed by atoms with Gasteiger partial charge >= 0.3 is 11.9 Å². The molecule has 1 saturated heterocycles. The number of likely N-dealkylation sites (N-methyl/N-ethyl adjacent to an activating group) is 1. The van der Waals surface area contributed by atoms with Gasteiger partial charge in [-0.05, 0) is 82.2 Å². The van der Waals surface area contributed by atoms with Gasteiger partial charge in [0.25, 0.3) is 5.91 Å². The smallest absolute Gasteiger partial charge is 0.306 e. The quantitative estimate of drug-likeness (QED) is 0.103. The van der Waals surface area contributed by atoms with Crippen molar-refractivity contribution in [1.29, 1.82) is 0 Å². The monoisotopic (exact) mass is 825 g/mol. The van der Waals surface area contributed by atoms with Gasteiger partial charge in [0.1, 0.15) is 10.7 Å². The summed E-state index contributed by atoms with van der Waals surface area (Å²) in [7, 11) is 3.71. The summed E-state index contributed by atoms with van der Waals surface area (Å²) in [5.41, 5.74) is 0.995. The largest absolute Gasteiger partial charge is 0.481 e. The van der Waals surface area contributed by atoms with Gasteiger partial charge in [-0.1, -0.05) is 67.0 Å². The number of ketones is 1. The van der Waals surface area contributed by atoms with E-state index in [1.807, 2.05) is 67.6 Å². The third-order valence-corrected chi connectivity index (χ3v) is 13.2. The Hall–Kier alpha value is -4.17. The second-order valence-corrected chi connectivity index (χ2v) is 17.8. The zero-order valence-corrected chi connectivity index (χ0v) is 37.2. The molecular formula is C44H67N5O8S. The van der Waals surface area contributed by atoms with E-state index in [0.29, 0.717) is 17.1 Å². The van der Waals surface area contributed by atoms with Crippen LogP contribution in [0.1, 0.15) is 134 Å². The number of nitrogens with one attached hydrogen (secondary N) is 2. The number of rotatable bonds is 22. The van der Waals surface area contributed by atoms with Crippen molar-refractivity contribution in [3.05, 3.63) is 45.9 Å². The maximum Gasteiger partial charge on any atom is 0.306 e. The number of thiazole rings is 1. The van der Waals surface area contributed by atoms with Gasteiger partial charge in [0, 0.05) is 61.8 Å². The maximum absolute atomic E-state index is 14.3. The lowest BCUT2D eigenvalue weighted by Gasteiger charge is -2.38. The molecule has 0 saturated carbocycles. The number of hydrogen-bond donors (Lipinski definition) is 3. The van der Waals surface area contributed by atoms with Crippen molar-refractivity contribution < 1.29 is 38.6 Å². The maximum atomic E-state index is 14.3. The molecule has 0 spiro atoms. The zero-order valence-electron chi connectivity index (χ0n) is 36.4. The normalized spacial score (nSPS) is 19.3. The SMILES string of the molecule is CC[C@@H](C)C(=O)Nc1ccc(C[C@@H](C[C@H](C)C(=O)O)NC(=O)c2csc([C@@H](C[C@H](C(C)C)N(C)C(=O)[C@@H](CC(=O)[C@@]3(C)CCCN3C)[C@@H](C)CC)OC(C)=O)n2)cc1. The lowest BCUT2D eigenvalue weighted by atomic mass is 9.80. The molecule has 1 aromatic carbocycles. The van der Waals surface area contributed by atoms with E-state index < -0.39 is 47.4 Å². The van der Waals surface area contributed by atoms with Gasteiger partial charge in [0.2, 0.25) is 11.8 Å². The molecule has 14 heteroatoms. The van der Waals surface area contributed by atoms with Crippen LogP contribution in [0.15, 0.2) is 29.6 Å². The molecule has 0 radical (unpaired) electrons. The highest BCUT2D eigenvalue weighted by Crippen LogP contribution is 2.35. The number of hydrogen-bond acceptors (Lipinski definition) is 10. The number of carboxylic acid groups (broad SMARTS) is 1. The van der Waals surface area contributed by atoms with Crippen molar-refractivity contribution in [1.82, 2.24) is 20.1 Å². The summed E-state index contributed by atoms with van der Waals surface area (Å²) >= 11 is 1.17. The van der Waals surface area contributed by atoms with Crippen LogP contribution in [-0.4, -0.2) is 93.6 Å². The second kappa shape index (κ2) is 21.7. The Bertz CT molecular complexity index is 1730. The van der Waals surface area contributed by atoms with Crippen LogP contribution >= 0.6 is 11.3 Å². The Morgan fingerprint density at radius 1 is 1.00 bits per heavy atom. The number of Topliss-reactive ketones (excluding diaryl/α,β-unsaturated/α-hetero) is 1. The number of likely N-dealkylation sites (tertiary alicyclic amines) is 1. The molecule has 1 aromatic heterocycles. The number of carbonyl (C=O) groups excluding carboxylic acids is 5. The third kappa shape index (κ3) is 12.9. The van der Waals surface area contributed by atoms with Gasteiger partial charge in [-0.25, -0.2) is 4.98 Å². The molecule has 58 heavy (non-hydrogen) atoms. The van der Waals surface area contributed by atoms with Crippen molar-refractivity contribution in [2.45, 2.75) is 137 Å². The van der Waals surface area contributed by atoms with Crippen LogP contribution in [0.4, 0.5) is 5.69 Å². The fourth-order valence-electron chi connectivity index (χ4n) is 7.59. The molecule has 2 heterocycles. The minimum absolute atomic E-state index is 0.0323. The van der Waals surface area contributed by atoms with E-state index >= 15 is 0 Å². The highest BCUT2D eigenvalue weighted by Gasteiger charge is 2.44. The molecule has 3 rings (SSSR count). The summed E-state index contributed by atoms with van der Waals surface area (Å²) in [6, 6.07) is 6.30. The Morgan fingerprint density at radius 3 is 2.19 bits per heavy atom. The van der Waals surface area contributed by atoms with Crippen LogP contribution in [0.5, 0.6) is 0 Å². The minimum Gasteiger partial charge on any atom is -0.481 e. The van der Waals surface area contributed by atoms with E-state index in [0.717, 1.165) is 37.8 Å². The summed E-state index contributed by atoms with van der Waals surface area (Å²) in [6.45, 7) is 17.5. The predicted octanol–water partition coefficient (Wildman–Crippen LogP) is 7.16. The van der Waals surface area contributed by atoms with Gasteiger partial charge in [0.05, 0.1) is 11.5 Å². The summed E-state index contributed by atoms with van der Waals surface area (Å²) in [4.78, 5) is 86.8. The Labute approximate surface area is 349 Å². The summed E-state index contributed by atoms with van der Waals surface area (Å²) < 4.78 is 5.81. The number of amides is 3. The highest BCUT2D eigenvalue weighted by molar-refractivity contribution is 7.09. The first kappa shape index (κ1) is 48.2. The molecule has 0 bridgehead atoms. The van der Waals surface area contributed by atoms with Crippen molar-refractivity contribution in [2.24, 2.45) is 29.6 Å². The number of nitrogens with zero attached hydrogens (tertiary/aromatic N) is 3. The first-order valence-electron chi connectivity index (χ1n) is 20.8. The zero-order chi connectivity index (χ0) is 43.5. The number of aliphatic carboxylic acids is 1. The molecule has 322 valence electrons. The fraction of sp³-hybridized carbons (Fsp3) is 0.659. The van der Waals surface area contributed by atoms with E-state index in [1.54, 1.807) is 36.4 Å². The van der Waals surface area contributed by atoms with Crippen LogP contribution in [0.25, 0.3) is 0 Å². The number of ether oxygens (including phenoxy) is 1. The third-order valence-electron chi connectivity index (χ3n) is 12.2. The van der Waals surface area contributed by atoms with Gasteiger partial charge < -0.3 is 25.4 Å². The molecule has 3 amide bonds. The van der Waals surface area contributed by atoms with E-state index in [4.69, 9.17) is 4.74 Å². The van der Waals surface area contributed by atoms with Crippen LogP contribution in [0.3, 0.4) is 0 Å². The lowest BCUT2D eigenvalue weighted by Crippen LogP contribution is -2.50. The van der Waals surface area contributed by atoms with Crippen LogP contribution in [-0.2, 0) is 35.1 Å². The molecule has 8 atom stereocenters. The number of benzene rings is 1. The minimum atomic E-state index is -0.983. The average molecular weight is 826 g/mol. The molecule has 0 aliphatic carbocycles. The first-order chi connectivity index (χ1) is 27.2. The van der Waals surface area contributed by atoms with Crippen molar-refractivity contribution >= 4 is 52.5 Å². The number of aromatic nitrogens is 1. The van der Waals surface area contributed by atoms with Crippen molar-refractivity contribution in [3.8, 4) is 0 Å². The topological polar surface area (TPSA) is 175 Å². The van der Waals surface area contributed by atoms with Gasteiger partial charge in [-0.3, -0.25) is 33.7 Å². The van der Waals surface area contributed by atoms with Crippen LogP contribution < -0.4 is 10.6 Å². The van der Waals surface area contributed by atoms with Gasteiger partial charge in [0.15, 0.2) is 11.9 Å². The van der Waals surface area contributed by atoms with Crippen LogP contribution in [0, 0.1) is 29.6 Å². The average Bonchev–Trinajstić information content (AvgIpc) is 3.81. The van der Waals surface area contributed by atoms with Crippen molar-refractivity contribution in [2.75, 3.05) is 26.0 Å². The summed E-state index contributed by atoms with van der Waals surface area (Å²) in [5, 5.41) is 17.5. The van der Waals surface area contributed by atoms with E-state index in [9.17, 15) is 33.9 Å². The standard InChI is InChI=1S/C44H67N5O8S/c1-12-27(5)34(23-38(51)44(9)19-14-20-48(44)10)42(54)49(11)36(26(3)4)24-37(57-30(8)50)41-47-35(25-58-41)40(53)46-33(21-29(7)43(55)56)22-31-15-17-32(18-16-31)45-39(52)28(6)13-2/h15-18,25-29,33-34,36-37H,12-14,19-24H2,1-11H3,(H,45,52)(H,46,53)(H,55,56)/t27-,28+,29-,33+,34-,36+,37+,44+/m0/s1. The first-order valence-corrected chi connectivity index (χ1v) is 21.7. The molecule has 2 aromatic rings. The number of carbonyl (C=O) groups is 6. The van der Waals surface area contributed by atoms with Crippen molar-refractivity contribution in [3.63, 3.8) is 0 Å². The predicted molar refractivity (Wildman–Crippen MR) is 226 cm³/mol. The molecule has 1 aliphatic rings. The number of carboxylic acids is 1. The number of anilines is 1. The molecule has 1 aliphatic heterocycles.